The predicted octanol–water partition coefficient (Wildman–Crippen LogP) is 1.36. The van der Waals surface area contributed by atoms with E-state index in [4.69, 9.17) is 10.2 Å². The maximum atomic E-state index is 10.9. The molecule has 76 valence electrons. The fourth-order valence-electron chi connectivity index (χ4n) is 2.66. The van der Waals surface area contributed by atoms with Gasteiger partial charge in [0.2, 0.25) is 0 Å². The molecule has 0 amide bonds. The number of aliphatic hydroxyl groups is 1. The molecule has 0 radical (unpaired) electrons. The van der Waals surface area contributed by atoms with Gasteiger partial charge in [0.25, 0.3) is 0 Å². The fraction of sp³-hybridized carbons (Fsp3) is 0.900. The van der Waals surface area contributed by atoms with Crippen molar-refractivity contribution in [2.24, 2.45) is 22.7 Å². The lowest BCUT2D eigenvalue weighted by molar-refractivity contribution is -0.139. The largest absolute Gasteiger partial charge is 0.481 e. The number of carbonyl (C=O) groups is 1. The summed E-state index contributed by atoms with van der Waals surface area (Å²) in [6.45, 7) is 7.79. The predicted molar refractivity (Wildman–Crippen MR) is 49.3 cm³/mol. The van der Waals surface area contributed by atoms with E-state index in [0.29, 0.717) is 0 Å². The first-order valence-electron chi connectivity index (χ1n) is 4.59. The molecule has 1 fully saturated rings. The Morgan fingerprint density at radius 2 is 1.92 bits per heavy atom. The van der Waals surface area contributed by atoms with Crippen molar-refractivity contribution in [1.82, 2.24) is 0 Å². The minimum absolute atomic E-state index is 0.0465. The van der Waals surface area contributed by atoms with E-state index in [2.05, 4.69) is 0 Å². The van der Waals surface area contributed by atoms with Crippen LogP contribution in [-0.4, -0.2) is 22.8 Å². The third-order valence-electron chi connectivity index (χ3n) is 3.34. The molecule has 0 aromatic rings. The van der Waals surface area contributed by atoms with E-state index in [9.17, 15) is 4.79 Å². The Labute approximate surface area is 78.8 Å². The molecule has 1 aliphatic rings. The summed E-state index contributed by atoms with van der Waals surface area (Å²) >= 11 is 0. The lowest BCUT2D eigenvalue weighted by Crippen LogP contribution is -2.23. The zero-order valence-electron chi connectivity index (χ0n) is 8.66. The number of aliphatic carboxylic acids is 1. The van der Waals surface area contributed by atoms with Crippen LogP contribution in [0.1, 0.15) is 27.7 Å². The van der Waals surface area contributed by atoms with Gasteiger partial charge in [-0.25, -0.2) is 0 Å². The van der Waals surface area contributed by atoms with Crippen molar-refractivity contribution < 1.29 is 15.0 Å². The third-order valence-corrected chi connectivity index (χ3v) is 3.34. The van der Waals surface area contributed by atoms with E-state index in [1.807, 2.05) is 27.7 Å². The Kier molecular flexibility index (Phi) is 2.19. The fourth-order valence-corrected chi connectivity index (χ4v) is 2.66. The normalized spacial score (nSPS) is 31.5. The molecule has 3 heteroatoms. The Balaban J connectivity index is 2.82. The van der Waals surface area contributed by atoms with Crippen LogP contribution >= 0.6 is 0 Å². The number of hydrogen-bond donors (Lipinski definition) is 2. The van der Waals surface area contributed by atoms with Crippen molar-refractivity contribution >= 4 is 5.97 Å². The minimum atomic E-state index is -0.739. The summed E-state index contributed by atoms with van der Waals surface area (Å²) in [4.78, 5) is 10.9. The van der Waals surface area contributed by atoms with E-state index >= 15 is 0 Å². The molecule has 0 bridgehead atoms. The molecule has 0 aliphatic heterocycles. The van der Waals surface area contributed by atoms with Crippen molar-refractivity contribution in [2.75, 3.05) is 6.61 Å². The summed E-state index contributed by atoms with van der Waals surface area (Å²) in [5.74, 6) is -0.950. The molecule has 0 saturated heterocycles. The van der Waals surface area contributed by atoms with Crippen LogP contribution < -0.4 is 0 Å². The van der Waals surface area contributed by atoms with Crippen molar-refractivity contribution in [2.45, 2.75) is 27.7 Å². The lowest BCUT2D eigenvalue weighted by Gasteiger charge is -2.23. The van der Waals surface area contributed by atoms with Crippen molar-refractivity contribution in [3.05, 3.63) is 0 Å². The number of rotatable bonds is 3. The summed E-state index contributed by atoms with van der Waals surface area (Å²) in [5.41, 5.74) is -0.454. The van der Waals surface area contributed by atoms with Crippen molar-refractivity contribution in [1.29, 1.82) is 0 Å². The minimum Gasteiger partial charge on any atom is -0.481 e. The number of hydrogen-bond acceptors (Lipinski definition) is 2. The van der Waals surface area contributed by atoms with Crippen LogP contribution in [0.3, 0.4) is 0 Å². The van der Waals surface area contributed by atoms with Crippen LogP contribution in [0.25, 0.3) is 0 Å². The highest BCUT2D eigenvalue weighted by Crippen LogP contribution is 2.65. The van der Waals surface area contributed by atoms with Gasteiger partial charge in [-0.2, -0.15) is 0 Å². The first-order valence-corrected chi connectivity index (χ1v) is 4.59. The van der Waals surface area contributed by atoms with Crippen LogP contribution in [0.5, 0.6) is 0 Å². The third kappa shape index (κ3) is 1.46. The summed E-state index contributed by atoms with van der Waals surface area (Å²) in [6, 6.07) is 0. The van der Waals surface area contributed by atoms with Gasteiger partial charge in [0.15, 0.2) is 0 Å². The highest BCUT2D eigenvalue weighted by atomic mass is 16.4. The summed E-state index contributed by atoms with van der Waals surface area (Å²) in [7, 11) is 0. The molecule has 0 unspecified atom stereocenters. The SMILES string of the molecule is CC(C)(CO)[C@@H]1[C@@H](C(=O)O)C1(C)C. The molecule has 2 N–H and O–H groups in total. The van der Waals surface area contributed by atoms with Gasteiger partial charge in [-0.05, 0) is 16.7 Å². The van der Waals surface area contributed by atoms with Crippen LogP contribution in [0.4, 0.5) is 0 Å². The highest BCUT2D eigenvalue weighted by molar-refractivity contribution is 5.75. The van der Waals surface area contributed by atoms with E-state index in [0.717, 1.165) is 0 Å². The number of carboxylic acids is 1. The average Bonchev–Trinajstić information content (AvgIpc) is 2.54. The lowest BCUT2D eigenvalue weighted by atomic mass is 9.84. The second kappa shape index (κ2) is 2.71. The molecule has 0 aromatic heterocycles. The molecular weight excluding hydrogens is 168 g/mol. The first-order chi connectivity index (χ1) is 5.75. The van der Waals surface area contributed by atoms with Crippen LogP contribution in [0.15, 0.2) is 0 Å². The Morgan fingerprint density at radius 1 is 1.46 bits per heavy atom. The Bertz CT molecular complexity index is 230. The summed E-state index contributed by atoms with van der Waals surface area (Å²) < 4.78 is 0. The van der Waals surface area contributed by atoms with Gasteiger partial charge in [0, 0.05) is 6.61 Å². The Morgan fingerprint density at radius 3 is 2.15 bits per heavy atom. The zero-order valence-corrected chi connectivity index (χ0v) is 8.66. The van der Waals surface area contributed by atoms with Gasteiger partial charge in [-0.3, -0.25) is 4.79 Å². The van der Waals surface area contributed by atoms with Crippen LogP contribution in [-0.2, 0) is 4.79 Å². The van der Waals surface area contributed by atoms with E-state index < -0.39 is 5.97 Å². The monoisotopic (exact) mass is 186 g/mol. The van der Waals surface area contributed by atoms with Gasteiger partial charge in [0.05, 0.1) is 5.92 Å². The summed E-state index contributed by atoms with van der Waals surface area (Å²) in [6.07, 6.45) is 0. The topological polar surface area (TPSA) is 57.5 Å². The molecule has 2 atom stereocenters. The maximum Gasteiger partial charge on any atom is 0.307 e. The zero-order chi connectivity index (χ0) is 10.4. The highest BCUT2D eigenvalue weighted by Gasteiger charge is 2.66. The van der Waals surface area contributed by atoms with Gasteiger partial charge in [0.1, 0.15) is 0 Å². The molecule has 0 heterocycles. The number of carboxylic acid groups (broad SMARTS) is 1. The quantitative estimate of drug-likeness (QED) is 0.699. The average molecular weight is 186 g/mol. The molecule has 0 spiro atoms. The van der Waals surface area contributed by atoms with Gasteiger partial charge < -0.3 is 10.2 Å². The van der Waals surface area contributed by atoms with E-state index in [-0.39, 0.29) is 29.3 Å². The molecule has 3 nitrogen and oxygen atoms in total. The second-order valence-corrected chi connectivity index (χ2v) is 5.26. The number of aliphatic hydroxyl groups excluding tert-OH is 1. The first kappa shape index (κ1) is 10.5. The molecule has 1 aliphatic carbocycles. The standard InChI is InChI=1S/C10H18O3/c1-9(2,5-11)7-6(8(12)13)10(7,3)4/h6-7,11H,5H2,1-4H3,(H,12,13)/t6-,7-/m0/s1. The maximum absolute atomic E-state index is 10.9. The van der Waals surface area contributed by atoms with Crippen molar-refractivity contribution in [3.8, 4) is 0 Å². The van der Waals surface area contributed by atoms with E-state index in [1.165, 1.54) is 0 Å². The van der Waals surface area contributed by atoms with Crippen LogP contribution in [0, 0.1) is 22.7 Å². The summed E-state index contributed by atoms with van der Waals surface area (Å²) in [5, 5.41) is 18.1. The van der Waals surface area contributed by atoms with Crippen molar-refractivity contribution in [3.63, 3.8) is 0 Å². The van der Waals surface area contributed by atoms with E-state index in [1.54, 1.807) is 0 Å². The second-order valence-electron chi connectivity index (χ2n) is 5.26. The molecule has 1 saturated carbocycles. The molecular formula is C10H18O3. The van der Waals surface area contributed by atoms with Gasteiger partial charge in [-0.15, -0.1) is 0 Å². The van der Waals surface area contributed by atoms with Gasteiger partial charge in [-0.1, -0.05) is 27.7 Å². The molecule has 13 heavy (non-hydrogen) atoms. The smallest absolute Gasteiger partial charge is 0.307 e. The molecule has 1 rings (SSSR count). The Hall–Kier alpha value is -0.570. The molecule has 0 aromatic carbocycles. The van der Waals surface area contributed by atoms with Gasteiger partial charge >= 0.3 is 5.97 Å². The van der Waals surface area contributed by atoms with Crippen LogP contribution in [0.2, 0.25) is 0 Å².